The number of benzene rings is 1. The third kappa shape index (κ3) is 4.53. The largest absolute Gasteiger partial charge is 0.416 e. The van der Waals surface area contributed by atoms with Gasteiger partial charge in [-0.3, -0.25) is 4.79 Å². The lowest BCUT2D eigenvalue weighted by Gasteiger charge is -2.21. The Morgan fingerprint density at radius 3 is 2.58 bits per heavy atom. The third-order valence-electron chi connectivity index (χ3n) is 2.67. The molecule has 19 heavy (non-hydrogen) atoms. The first-order chi connectivity index (χ1) is 8.90. The van der Waals surface area contributed by atoms with Crippen LogP contribution in [0.3, 0.4) is 0 Å². The van der Waals surface area contributed by atoms with Crippen LogP contribution >= 0.6 is 15.9 Å². The van der Waals surface area contributed by atoms with Gasteiger partial charge in [-0.15, -0.1) is 0 Å². The highest BCUT2D eigenvalue weighted by Gasteiger charge is 2.31. The Morgan fingerprint density at radius 2 is 2.05 bits per heavy atom. The average Bonchev–Trinajstić information content (AvgIpc) is 2.38. The summed E-state index contributed by atoms with van der Waals surface area (Å²) >= 11 is 3.26. The van der Waals surface area contributed by atoms with Crippen LogP contribution in [0.4, 0.5) is 13.2 Å². The fourth-order valence-corrected chi connectivity index (χ4v) is 1.92. The number of carbonyl (C=O) groups excluding carboxylic acids is 1. The number of hydrogen-bond donors (Lipinski definition) is 0. The second-order valence-corrected chi connectivity index (χ2v) is 4.80. The Hall–Kier alpha value is -1.04. The zero-order chi connectivity index (χ0) is 14.5. The minimum absolute atomic E-state index is 0.0752. The van der Waals surface area contributed by atoms with Crippen LogP contribution in [0, 0.1) is 0 Å². The van der Waals surface area contributed by atoms with Crippen LogP contribution < -0.4 is 0 Å². The minimum Gasteiger partial charge on any atom is -0.339 e. The van der Waals surface area contributed by atoms with Gasteiger partial charge >= 0.3 is 6.18 Å². The summed E-state index contributed by atoms with van der Waals surface area (Å²) in [5, 5.41) is 0.749. The molecule has 0 heterocycles. The second-order valence-electron chi connectivity index (χ2n) is 4.01. The fourth-order valence-electron chi connectivity index (χ4n) is 1.67. The van der Waals surface area contributed by atoms with Crippen molar-refractivity contribution in [3.63, 3.8) is 0 Å². The standard InChI is InChI=1S/C13H15BrF3NO/c1-2-18(8-4-7-14)12(19)10-5-3-6-11(9-10)13(15,16)17/h3,5-6,9H,2,4,7-8H2,1H3. The second kappa shape index (κ2) is 6.93. The Morgan fingerprint density at radius 1 is 1.37 bits per heavy atom. The lowest BCUT2D eigenvalue weighted by molar-refractivity contribution is -0.137. The molecule has 1 rings (SSSR count). The van der Waals surface area contributed by atoms with E-state index in [2.05, 4.69) is 15.9 Å². The monoisotopic (exact) mass is 337 g/mol. The van der Waals surface area contributed by atoms with Gasteiger partial charge in [0.05, 0.1) is 5.56 Å². The van der Waals surface area contributed by atoms with Crippen LogP contribution in [-0.4, -0.2) is 29.2 Å². The lowest BCUT2D eigenvalue weighted by atomic mass is 10.1. The van der Waals surface area contributed by atoms with Crippen molar-refractivity contribution in [3.05, 3.63) is 35.4 Å². The van der Waals surface area contributed by atoms with Gasteiger partial charge in [0.1, 0.15) is 0 Å². The van der Waals surface area contributed by atoms with Crippen molar-refractivity contribution in [1.29, 1.82) is 0 Å². The number of amides is 1. The van der Waals surface area contributed by atoms with E-state index in [0.29, 0.717) is 13.1 Å². The van der Waals surface area contributed by atoms with Crippen LogP contribution in [0.2, 0.25) is 0 Å². The number of rotatable bonds is 5. The van der Waals surface area contributed by atoms with Crippen molar-refractivity contribution in [2.24, 2.45) is 0 Å². The molecule has 0 aliphatic carbocycles. The molecule has 0 spiro atoms. The average molecular weight is 338 g/mol. The molecule has 1 amide bonds. The van der Waals surface area contributed by atoms with Crippen molar-refractivity contribution in [2.75, 3.05) is 18.4 Å². The van der Waals surface area contributed by atoms with E-state index in [-0.39, 0.29) is 11.5 Å². The van der Waals surface area contributed by atoms with Gasteiger partial charge in [0, 0.05) is 24.0 Å². The number of nitrogens with zero attached hydrogens (tertiary/aromatic N) is 1. The van der Waals surface area contributed by atoms with E-state index in [0.717, 1.165) is 23.9 Å². The van der Waals surface area contributed by atoms with Gasteiger partial charge in [-0.05, 0) is 31.5 Å². The first-order valence-corrected chi connectivity index (χ1v) is 7.04. The maximum absolute atomic E-state index is 12.6. The Labute approximate surface area is 118 Å². The normalized spacial score (nSPS) is 11.4. The van der Waals surface area contributed by atoms with E-state index < -0.39 is 11.7 Å². The highest BCUT2D eigenvalue weighted by molar-refractivity contribution is 9.09. The van der Waals surface area contributed by atoms with E-state index in [4.69, 9.17) is 0 Å². The molecule has 0 radical (unpaired) electrons. The summed E-state index contributed by atoms with van der Waals surface area (Å²) in [4.78, 5) is 13.6. The predicted molar refractivity (Wildman–Crippen MR) is 71.4 cm³/mol. The Balaban J connectivity index is 2.92. The summed E-state index contributed by atoms with van der Waals surface area (Å²) in [6.45, 7) is 2.80. The Bertz CT molecular complexity index is 434. The lowest BCUT2D eigenvalue weighted by Crippen LogP contribution is -2.32. The molecule has 1 aromatic carbocycles. The molecular weight excluding hydrogens is 323 g/mol. The molecule has 0 atom stereocenters. The highest BCUT2D eigenvalue weighted by atomic mass is 79.9. The van der Waals surface area contributed by atoms with Crippen molar-refractivity contribution in [3.8, 4) is 0 Å². The molecule has 106 valence electrons. The van der Waals surface area contributed by atoms with E-state index in [1.54, 1.807) is 6.92 Å². The number of halogens is 4. The SMILES string of the molecule is CCN(CCCBr)C(=O)c1cccc(C(F)(F)F)c1. The van der Waals surface area contributed by atoms with Crippen molar-refractivity contribution in [1.82, 2.24) is 4.90 Å². The minimum atomic E-state index is -4.43. The topological polar surface area (TPSA) is 20.3 Å². The summed E-state index contributed by atoms with van der Waals surface area (Å²) in [5.74, 6) is -0.366. The molecule has 1 aromatic rings. The van der Waals surface area contributed by atoms with E-state index in [1.807, 2.05) is 0 Å². The number of hydrogen-bond acceptors (Lipinski definition) is 1. The third-order valence-corrected chi connectivity index (χ3v) is 3.23. The van der Waals surface area contributed by atoms with Crippen molar-refractivity contribution < 1.29 is 18.0 Å². The molecule has 0 aliphatic heterocycles. The van der Waals surface area contributed by atoms with E-state index in [9.17, 15) is 18.0 Å². The van der Waals surface area contributed by atoms with Crippen LogP contribution in [0.1, 0.15) is 29.3 Å². The molecule has 0 fully saturated rings. The molecule has 0 aliphatic rings. The molecule has 0 aromatic heterocycles. The maximum atomic E-state index is 12.6. The molecule has 0 N–H and O–H groups in total. The van der Waals surface area contributed by atoms with E-state index >= 15 is 0 Å². The Kier molecular flexibility index (Phi) is 5.85. The zero-order valence-corrected chi connectivity index (χ0v) is 12.1. The maximum Gasteiger partial charge on any atom is 0.416 e. The summed E-state index contributed by atoms with van der Waals surface area (Å²) in [6, 6.07) is 4.54. The van der Waals surface area contributed by atoms with Gasteiger partial charge in [0.15, 0.2) is 0 Å². The molecule has 0 saturated heterocycles. The number of alkyl halides is 4. The first-order valence-electron chi connectivity index (χ1n) is 5.92. The van der Waals surface area contributed by atoms with Gasteiger partial charge in [-0.1, -0.05) is 22.0 Å². The van der Waals surface area contributed by atoms with E-state index in [1.165, 1.54) is 17.0 Å². The summed E-state index contributed by atoms with van der Waals surface area (Å²) in [7, 11) is 0. The van der Waals surface area contributed by atoms with Gasteiger partial charge in [0.25, 0.3) is 5.91 Å². The number of carbonyl (C=O) groups is 1. The summed E-state index contributed by atoms with van der Waals surface area (Å²) in [5.41, 5.74) is -0.721. The smallest absolute Gasteiger partial charge is 0.339 e. The van der Waals surface area contributed by atoms with Gasteiger partial charge in [0.2, 0.25) is 0 Å². The zero-order valence-electron chi connectivity index (χ0n) is 10.5. The summed E-state index contributed by atoms with van der Waals surface area (Å²) < 4.78 is 37.8. The fraction of sp³-hybridized carbons (Fsp3) is 0.462. The van der Waals surface area contributed by atoms with Crippen molar-refractivity contribution >= 4 is 21.8 Å². The molecule has 0 unspecified atom stereocenters. The molecule has 6 heteroatoms. The molecule has 2 nitrogen and oxygen atoms in total. The van der Waals surface area contributed by atoms with Gasteiger partial charge < -0.3 is 4.90 Å². The van der Waals surface area contributed by atoms with Gasteiger partial charge in [-0.2, -0.15) is 13.2 Å². The van der Waals surface area contributed by atoms with Crippen LogP contribution in [0.25, 0.3) is 0 Å². The van der Waals surface area contributed by atoms with Crippen LogP contribution in [-0.2, 0) is 6.18 Å². The highest BCUT2D eigenvalue weighted by Crippen LogP contribution is 2.29. The first kappa shape index (κ1) is 16.0. The van der Waals surface area contributed by atoms with Crippen LogP contribution in [0.15, 0.2) is 24.3 Å². The molecule has 0 saturated carbocycles. The van der Waals surface area contributed by atoms with Crippen molar-refractivity contribution in [2.45, 2.75) is 19.5 Å². The predicted octanol–water partition coefficient (Wildman–Crippen LogP) is 3.95. The molecule has 0 bridgehead atoms. The van der Waals surface area contributed by atoms with Crippen LogP contribution in [0.5, 0.6) is 0 Å². The quantitative estimate of drug-likeness (QED) is 0.745. The van der Waals surface area contributed by atoms with Gasteiger partial charge in [-0.25, -0.2) is 0 Å². The molecular formula is C13H15BrF3NO. The summed E-state index contributed by atoms with van der Waals surface area (Å²) in [6.07, 6.45) is -3.66.